The van der Waals surface area contributed by atoms with Crippen molar-refractivity contribution < 1.29 is 4.74 Å². The summed E-state index contributed by atoms with van der Waals surface area (Å²) in [6.07, 6.45) is 3.21. The summed E-state index contributed by atoms with van der Waals surface area (Å²) in [6, 6.07) is 11.4. The number of thioether (sulfide) groups is 1. The lowest BCUT2D eigenvalue weighted by atomic mass is 10.0. The van der Waals surface area contributed by atoms with Gasteiger partial charge in [0, 0.05) is 36.0 Å². The summed E-state index contributed by atoms with van der Waals surface area (Å²) in [6.45, 7) is 5.29. The number of fused-ring (bicyclic) bond motifs is 1. The highest BCUT2D eigenvalue weighted by molar-refractivity contribution is 7.98. The number of hydrogen-bond donors (Lipinski definition) is 2. The van der Waals surface area contributed by atoms with Gasteiger partial charge in [0.1, 0.15) is 0 Å². The van der Waals surface area contributed by atoms with E-state index in [2.05, 4.69) is 57.2 Å². The van der Waals surface area contributed by atoms with Gasteiger partial charge in [-0.2, -0.15) is 0 Å². The molecule has 0 bridgehead atoms. The molecule has 28 heavy (non-hydrogen) atoms. The van der Waals surface area contributed by atoms with E-state index in [9.17, 15) is 0 Å². The van der Waals surface area contributed by atoms with E-state index >= 15 is 0 Å². The van der Waals surface area contributed by atoms with E-state index in [1.807, 2.05) is 18.3 Å². The summed E-state index contributed by atoms with van der Waals surface area (Å²) >= 11 is 3.64. The molecule has 152 valence electrons. The Morgan fingerprint density at radius 3 is 2.86 bits per heavy atom. The molecule has 2 atom stereocenters. The van der Waals surface area contributed by atoms with Gasteiger partial charge < -0.3 is 15.8 Å². The van der Waals surface area contributed by atoms with E-state index in [1.165, 1.54) is 20.9 Å². The third-order valence-electron chi connectivity index (χ3n) is 5.02. The first-order chi connectivity index (χ1) is 13.6. The van der Waals surface area contributed by atoms with Gasteiger partial charge in [0.25, 0.3) is 0 Å². The predicted octanol–water partition coefficient (Wildman–Crippen LogP) is 3.51. The van der Waals surface area contributed by atoms with Crippen molar-refractivity contribution in [2.24, 2.45) is 10.7 Å². The molecule has 1 aromatic heterocycles. The Labute approximate surface area is 176 Å². The lowest BCUT2D eigenvalue weighted by Gasteiger charge is -2.34. The molecule has 7 heteroatoms. The van der Waals surface area contributed by atoms with Crippen LogP contribution in [-0.2, 0) is 17.7 Å². The van der Waals surface area contributed by atoms with E-state index in [1.54, 1.807) is 18.9 Å². The number of thiophene rings is 1. The summed E-state index contributed by atoms with van der Waals surface area (Å²) in [5, 5.41) is 5.40. The van der Waals surface area contributed by atoms with Crippen molar-refractivity contribution in [3.8, 4) is 0 Å². The minimum atomic E-state index is 0.136. The molecule has 0 amide bonds. The standard InChI is InChI=1S/C21H30N4OS2/c1-15(14-26-2)24-21(22)23-12-19(16-4-6-18(27-3)7-5-16)25-10-8-20-17(13-25)9-11-28-20/h4-7,9,11,15,19H,8,10,12-14H2,1-3H3,(H3,22,23,24). The molecule has 3 N–H and O–H groups in total. The number of hydrogen-bond acceptors (Lipinski definition) is 5. The van der Waals surface area contributed by atoms with Crippen molar-refractivity contribution in [3.63, 3.8) is 0 Å². The maximum atomic E-state index is 6.13. The Morgan fingerprint density at radius 2 is 2.14 bits per heavy atom. The maximum Gasteiger partial charge on any atom is 0.188 e. The Morgan fingerprint density at radius 1 is 1.36 bits per heavy atom. The molecule has 2 aromatic rings. The fraction of sp³-hybridized carbons (Fsp3) is 0.476. The second kappa shape index (κ2) is 10.3. The topological polar surface area (TPSA) is 62.9 Å². The Bertz CT molecular complexity index is 775. The van der Waals surface area contributed by atoms with Gasteiger partial charge in [0.2, 0.25) is 0 Å². The highest BCUT2D eigenvalue weighted by Gasteiger charge is 2.25. The van der Waals surface area contributed by atoms with Crippen LogP contribution < -0.4 is 11.1 Å². The minimum absolute atomic E-state index is 0.136. The van der Waals surface area contributed by atoms with Crippen LogP contribution in [0.3, 0.4) is 0 Å². The molecule has 2 unspecified atom stereocenters. The summed E-state index contributed by atoms with van der Waals surface area (Å²) in [5.41, 5.74) is 8.87. The molecule has 3 rings (SSSR count). The first-order valence-corrected chi connectivity index (χ1v) is 11.7. The first kappa shape index (κ1) is 21.2. The summed E-state index contributed by atoms with van der Waals surface area (Å²) in [7, 11) is 1.69. The Kier molecular flexibility index (Phi) is 7.79. The van der Waals surface area contributed by atoms with Crippen LogP contribution in [0.25, 0.3) is 0 Å². The number of nitrogens with two attached hydrogens (primary N) is 1. The number of aliphatic imine (C=N–C) groups is 1. The number of benzene rings is 1. The van der Waals surface area contributed by atoms with Gasteiger partial charge in [0.15, 0.2) is 5.96 Å². The van der Waals surface area contributed by atoms with Gasteiger partial charge in [0.05, 0.1) is 19.2 Å². The third kappa shape index (κ3) is 5.50. The van der Waals surface area contributed by atoms with Crippen LogP contribution in [-0.4, -0.2) is 50.0 Å². The van der Waals surface area contributed by atoms with Gasteiger partial charge in [-0.1, -0.05) is 12.1 Å². The molecule has 0 spiro atoms. The lowest BCUT2D eigenvalue weighted by molar-refractivity contribution is 0.178. The average Bonchev–Trinajstić information content (AvgIpc) is 3.16. The summed E-state index contributed by atoms with van der Waals surface area (Å²) in [4.78, 5) is 9.99. The van der Waals surface area contributed by atoms with E-state index in [0.717, 1.165) is 19.5 Å². The number of ether oxygens (including phenoxy) is 1. The highest BCUT2D eigenvalue weighted by atomic mass is 32.2. The zero-order chi connectivity index (χ0) is 19.9. The van der Waals surface area contributed by atoms with Gasteiger partial charge in [-0.05, 0) is 54.3 Å². The third-order valence-corrected chi connectivity index (χ3v) is 6.79. The van der Waals surface area contributed by atoms with Crippen LogP contribution in [0, 0.1) is 0 Å². The Hall–Kier alpha value is -1.54. The smallest absolute Gasteiger partial charge is 0.188 e. The van der Waals surface area contributed by atoms with Crippen LogP contribution in [0.2, 0.25) is 0 Å². The zero-order valence-corrected chi connectivity index (χ0v) is 18.5. The summed E-state index contributed by atoms with van der Waals surface area (Å²) < 4.78 is 5.16. The predicted molar refractivity (Wildman–Crippen MR) is 120 cm³/mol. The van der Waals surface area contributed by atoms with Crippen molar-refractivity contribution in [3.05, 3.63) is 51.7 Å². The molecule has 0 aliphatic carbocycles. The average molecular weight is 419 g/mol. The molecular formula is C21H30N4OS2. The van der Waals surface area contributed by atoms with Crippen molar-refractivity contribution in [2.75, 3.05) is 33.1 Å². The molecule has 0 saturated heterocycles. The van der Waals surface area contributed by atoms with E-state index < -0.39 is 0 Å². The fourth-order valence-electron chi connectivity index (χ4n) is 3.57. The zero-order valence-electron chi connectivity index (χ0n) is 16.9. The van der Waals surface area contributed by atoms with Crippen LogP contribution in [0.15, 0.2) is 45.6 Å². The Balaban J connectivity index is 1.76. The molecule has 1 aromatic carbocycles. The molecule has 0 saturated carbocycles. The lowest BCUT2D eigenvalue weighted by Crippen LogP contribution is -2.41. The van der Waals surface area contributed by atoms with Crippen molar-refractivity contribution in [1.29, 1.82) is 0 Å². The molecule has 2 heterocycles. The summed E-state index contributed by atoms with van der Waals surface area (Å²) in [5.74, 6) is 0.475. The normalized spacial score (nSPS) is 17.2. The van der Waals surface area contributed by atoms with E-state index in [0.29, 0.717) is 19.1 Å². The molecule has 5 nitrogen and oxygen atoms in total. The van der Waals surface area contributed by atoms with Crippen molar-refractivity contribution in [2.45, 2.75) is 36.9 Å². The second-order valence-corrected chi connectivity index (χ2v) is 8.99. The highest BCUT2D eigenvalue weighted by Crippen LogP contribution is 2.31. The second-order valence-electron chi connectivity index (χ2n) is 7.11. The largest absolute Gasteiger partial charge is 0.383 e. The van der Waals surface area contributed by atoms with Crippen LogP contribution in [0.1, 0.15) is 29.0 Å². The van der Waals surface area contributed by atoms with E-state index in [4.69, 9.17) is 10.5 Å². The number of nitrogens with zero attached hydrogens (tertiary/aromatic N) is 2. The van der Waals surface area contributed by atoms with Gasteiger partial charge in [-0.15, -0.1) is 23.1 Å². The van der Waals surface area contributed by atoms with Gasteiger partial charge in [-0.25, -0.2) is 0 Å². The number of methoxy groups -OCH3 is 1. The van der Waals surface area contributed by atoms with E-state index in [-0.39, 0.29) is 12.1 Å². The molecule has 1 aliphatic heterocycles. The van der Waals surface area contributed by atoms with Crippen LogP contribution in [0.5, 0.6) is 0 Å². The SMILES string of the molecule is COCC(C)NC(N)=NCC(c1ccc(SC)cc1)N1CCc2sccc2C1. The van der Waals surface area contributed by atoms with Crippen molar-refractivity contribution in [1.82, 2.24) is 10.2 Å². The van der Waals surface area contributed by atoms with Crippen molar-refractivity contribution >= 4 is 29.1 Å². The maximum absolute atomic E-state index is 6.13. The molecule has 0 radical (unpaired) electrons. The fourth-order valence-corrected chi connectivity index (χ4v) is 4.87. The molecular weight excluding hydrogens is 388 g/mol. The van der Waals surface area contributed by atoms with Crippen LogP contribution in [0.4, 0.5) is 0 Å². The van der Waals surface area contributed by atoms with Gasteiger partial charge >= 0.3 is 0 Å². The van der Waals surface area contributed by atoms with Crippen LogP contribution >= 0.6 is 23.1 Å². The molecule has 1 aliphatic rings. The monoisotopic (exact) mass is 418 g/mol. The van der Waals surface area contributed by atoms with Gasteiger partial charge in [-0.3, -0.25) is 9.89 Å². The number of rotatable bonds is 8. The number of guanidine groups is 1. The number of nitrogens with one attached hydrogen (secondary N) is 1. The first-order valence-electron chi connectivity index (χ1n) is 9.59. The quantitative estimate of drug-likeness (QED) is 0.390. The molecule has 0 fully saturated rings. The minimum Gasteiger partial charge on any atom is -0.383 e.